The fraction of sp³-hybridized carbons (Fsp3) is 0.316. The van der Waals surface area contributed by atoms with Gasteiger partial charge in [0.25, 0.3) is 0 Å². The first-order valence-electron chi connectivity index (χ1n) is 8.15. The maximum Gasteiger partial charge on any atom is 0.313 e. The minimum atomic E-state index is -0.687. The van der Waals surface area contributed by atoms with Crippen LogP contribution < -0.4 is 10.6 Å². The van der Waals surface area contributed by atoms with Gasteiger partial charge in [-0.05, 0) is 49.1 Å². The molecule has 132 valence electrons. The number of carbonyl (C=O) groups excluding carboxylic acids is 3. The summed E-state index contributed by atoms with van der Waals surface area (Å²) in [4.78, 5) is 36.7. The molecule has 0 saturated heterocycles. The molecule has 25 heavy (non-hydrogen) atoms. The summed E-state index contributed by atoms with van der Waals surface area (Å²) in [6, 6.07) is 11.1. The second kappa shape index (κ2) is 8.58. The van der Waals surface area contributed by atoms with Crippen LogP contribution in [-0.4, -0.2) is 24.1 Å². The largest absolute Gasteiger partial charge is 0.347 e. The Morgan fingerprint density at radius 2 is 1.68 bits per heavy atom. The van der Waals surface area contributed by atoms with Crippen LogP contribution in [0, 0.1) is 0 Å². The maximum absolute atomic E-state index is 11.9. The van der Waals surface area contributed by atoms with Crippen LogP contribution >= 0.6 is 11.3 Å². The van der Waals surface area contributed by atoms with Crippen molar-refractivity contribution >= 4 is 34.6 Å². The van der Waals surface area contributed by atoms with Gasteiger partial charge in [0.1, 0.15) is 0 Å². The number of amides is 2. The Bertz CT molecular complexity index is 763. The Hall–Kier alpha value is -2.47. The fourth-order valence-electron chi connectivity index (χ4n) is 2.22. The van der Waals surface area contributed by atoms with Crippen LogP contribution in [0.1, 0.15) is 46.8 Å². The van der Waals surface area contributed by atoms with Gasteiger partial charge in [-0.3, -0.25) is 14.4 Å². The lowest BCUT2D eigenvalue weighted by Gasteiger charge is -2.08. The lowest BCUT2D eigenvalue weighted by atomic mass is 10.0. The zero-order chi connectivity index (χ0) is 18.4. The fourth-order valence-corrected chi connectivity index (χ4v) is 3.12. The summed E-state index contributed by atoms with van der Waals surface area (Å²) in [5.74, 6) is -0.916. The lowest BCUT2D eigenvalue weighted by Crippen LogP contribution is -2.36. The van der Waals surface area contributed by atoms with Crippen LogP contribution in [0.25, 0.3) is 0 Å². The number of nitrogens with one attached hydrogen (secondary N) is 2. The van der Waals surface area contributed by atoms with E-state index in [9.17, 15) is 14.4 Å². The minimum absolute atomic E-state index is 0.0307. The molecule has 0 aliphatic heterocycles. The molecule has 2 amide bonds. The van der Waals surface area contributed by atoms with E-state index in [0.717, 1.165) is 4.88 Å². The summed E-state index contributed by atoms with van der Waals surface area (Å²) in [5, 5.41) is 5.17. The SMILES string of the molecule is CC(=O)c1ccc(CCNC(=O)C(=O)Nc2ccc(C(C)C)cc2)s1. The van der Waals surface area contributed by atoms with Gasteiger partial charge in [-0.2, -0.15) is 0 Å². The molecule has 1 heterocycles. The van der Waals surface area contributed by atoms with Crippen molar-refractivity contribution in [1.82, 2.24) is 5.32 Å². The number of hydrogen-bond acceptors (Lipinski definition) is 4. The molecule has 5 nitrogen and oxygen atoms in total. The molecule has 2 N–H and O–H groups in total. The van der Waals surface area contributed by atoms with Gasteiger partial charge in [-0.1, -0.05) is 26.0 Å². The summed E-state index contributed by atoms with van der Waals surface area (Å²) in [7, 11) is 0. The molecule has 2 rings (SSSR count). The highest BCUT2D eigenvalue weighted by atomic mass is 32.1. The predicted molar refractivity (Wildman–Crippen MR) is 100 cm³/mol. The highest BCUT2D eigenvalue weighted by Gasteiger charge is 2.13. The van der Waals surface area contributed by atoms with Gasteiger partial charge in [-0.15, -0.1) is 11.3 Å². The Balaban J connectivity index is 1.79. The third-order valence-electron chi connectivity index (χ3n) is 3.71. The van der Waals surface area contributed by atoms with Crippen LogP contribution in [0.3, 0.4) is 0 Å². The molecule has 0 saturated carbocycles. The standard InChI is InChI=1S/C19H22N2O3S/c1-12(2)14-4-6-15(7-5-14)21-19(24)18(23)20-11-10-16-8-9-17(25-16)13(3)22/h4-9,12H,10-11H2,1-3H3,(H,20,23)(H,21,24). The minimum Gasteiger partial charge on any atom is -0.347 e. The van der Waals surface area contributed by atoms with Gasteiger partial charge >= 0.3 is 11.8 Å². The van der Waals surface area contributed by atoms with E-state index in [-0.39, 0.29) is 5.78 Å². The lowest BCUT2D eigenvalue weighted by molar-refractivity contribution is -0.136. The van der Waals surface area contributed by atoms with Crippen molar-refractivity contribution < 1.29 is 14.4 Å². The normalized spacial score (nSPS) is 10.6. The summed E-state index contributed by atoms with van der Waals surface area (Å²) in [6.45, 7) is 6.05. The van der Waals surface area contributed by atoms with Crippen molar-refractivity contribution in [3.63, 3.8) is 0 Å². The average Bonchev–Trinajstić information content (AvgIpc) is 3.04. The molecule has 0 fully saturated rings. The van der Waals surface area contributed by atoms with E-state index in [2.05, 4.69) is 24.5 Å². The van der Waals surface area contributed by atoms with E-state index in [1.807, 2.05) is 18.2 Å². The van der Waals surface area contributed by atoms with E-state index < -0.39 is 11.8 Å². The predicted octanol–water partition coefficient (Wildman–Crippen LogP) is 3.37. The topological polar surface area (TPSA) is 75.3 Å². The van der Waals surface area contributed by atoms with Crippen molar-refractivity contribution in [1.29, 1.82) is 0 Å². The van der Waals surface area contributed by atoms with Gasteiger partial charge in [0.15, 0.2) is 5.78 Å². The highest BCUT2D eigenvalue weighted by Crippen LogP contribution is 2.18. The monoisotopic (exact) mass is 358 g/mol. The maximum atomic E-state index is 11.9. The third kappa shape index (κ3) is 5.53. The second-order valence-corrected chi connectivity index (χ2v) is 7.23. The molecule has 0 aliphatic rings. The molecule has 0 aliphatic carbocycles. The van der Waals surface area contributed by atoms with Gasteiger partial charge in [-0.25, -0.2) is 0 Å². The zero-order valence-electron chi connectivity index (χ0n) is 14.6. The number of benzene rings is 1. The molecule has 1 aromatic carbocycles. The van der Waals surface area contributed by atoms with Crippen molar-refractivity contribution in [2.24, 2.45) is 0 Å². The first-order valence-corrected chi connectivity index (χ1v) is 8.97. The Morgan fingerprint density at radius 1 is 1.00 bits per heavy atom. The summed E-state index contributed by atoms with van der Waals surface area (Å²) in [6.07, 6.45) is 0.583. The van der Waals surface area contributed by atoms with Gasteiger partial charge < -0.3 is 10.6 Å². The van der Waals surface area contributed by atoms with Crippen LogP contribution in [-0.2, 0) is 16.0 Å². The Kier molecular flexibility index (Phi) is 6.47. The third-order valence-corrected chi connectivity index (χ3v) is 4.95. The summed E-state index contributed by atoms with van der Waals surface area (Å²) < 4.78 is 0. The first kappa shape index (κ1) is 18.9. The highest BCUT2D eigenvalue weighted by molar-refractivity contribution is 7.14. The van der Waals surface area contributed by atoms with E-state index in [1.165, 1.54) is 23.8 Å². The number of Topliss-reactive ketones (excluding diaryl/α,β-unsaturated/α-hetero) is 1. The van der Waals surface area contributed by atoms with Crippen LogP contribution in [0.2, 0.25) is 0 Å². The molecular weight excluding hydrogens is 336 g/mol. The number of hydrogen-bond donors (Lipinski definition) is 2. The van der Waals surface area contributed by atoms with Crippen LogP contribution in [0.5, 0.6) is 0 Å². The molecule has 2 aromatic rings. The number of carbonyl (C=O) groups is 3. The number of ketones is 1. The van der Waals surface area contributed by atoms with Crippen molar-refractivity contribution in [3.05, 3.63) is 51.7 Å². The number of thiophene rings is 1. The van der Waals surface area contributed by atoms with Gasteiger partial charge in [0.05, 0.1) is 4.88 Å². The quantitative estimate of drug-likeness (QED) is 0.614. The van der Waals surface area contributed by atoms with Gasteiger partial charge in [0, 0.05) is 17.1 Å². The Morgan fingerprint density at radius 3 is 2.24 bits per heavy atom. The first-order chi connectivity index (χ1) is 11.9. The van der Waals surface area contributed by atoms with E-state index in [1.54, 1.807) is 18.2 Å². The molecule has 0 bridgehead atoms. The number of rotatable bonds is 6. The molecule has 0 unspecified atom stereocenters. The van der Waals surface area contributed by atoms with Crippen molar-refractivity contribution in [2.45, 2.75) is 33.1 Å². The van der Waals surface area contributed by atoms with Crippen LogP contribution in [0.15, 0.2) is 36.4 Å². The number of anilines is 1. The van der Waals surface area contributed by atoms with E-state index in [4.69, 9.17) is 0 Å². The molecule has 0 radical (unpaired) electrons. The summed E-state index contributed by atoms with van der Waals surface area (Å²) >= 11 is 1.41. The van der Waals surface area contributed by atoms with E-state index >= 15 is 0 Å². The Labute approximate surface area is 151 Å². The van der Waals surface area contributed by atoms with Crippen molar-refractivity contribution in [2.75, 3.05) is 11.9 Å². The van der Waals surface area contributed by atoms with Gasteiger partial charge in [0.2, 0.25) is 0 Å². The molecule has 0 atom stereocenters. The smallest absolute Gasteiger partial charge is 0.313 e. The molecule has 0 spiro atoms. The van der Waals surface area contributed by atoms with Crippen molar-refractivity contribution in [3.8, 4) is 0 Å². The average molecular weight is 358 g/mol. The summed E-state index contributed by atoms with van der Waals surface area (Å²) in [5.41, 5.74) is 1.76. The zero-order valence-corrected chi connectivity index (χ0v) is 15.4. The molecule has 1 aromatic heterocycles. The molecule has 6 heteroatoms. The molecular formula is C19H22N2O3S. The second-order valence-electron chi connectivity index (χ2n) is 6.06. The van der Waals surface area contributed by atoms with E-state index in [0.29, 0.717) is 29.4 Å². The van der Waals surface area contributed by atoms with Crippen LogP contribution in [0.4, 0.5) is 5.69 Å².